The van der Waals surface area contributed by atoms with Crippen molar-refractivity contribution in [2.45, 2.75) is 19.8 Å². The van der Waals surface area contributed by atoms with Gasteiger partial charge in [-0.2, -0.15) is 0 Å². The number of hydrogen-bond donors (Lipinski definition) is 3. The van der Waals surface area contributed by atoms with Gasteiger partial charge in [0.25, 0.3) is 0 Å². The third-order valence-corrected chi connectivity index (χ3v) is 2.79. The van der Waals surface area contributed by atoms with E-state index in [1.165, 1.54) is 16.6 Å². The molecule has 0 aliphatic heterocycles. The zero-order valence-corrected chi connectivity index (χ0v) is 10.7. The average Bonchev–Trinajstić information content (AvgIpc) is 2.79. The molecule has 0 aliphatic carbocycles. The standard InChI is InChI=1S/C14H20N4/c1-2-8-16-14(15)17-9-7-12-10-11-5-3-4-6-13(11)18-12/h3-6,10,18H,2,7-9H2,1H3,(H3,15,16,17). The fourth-order valence-electron chi connectivity index (χ4n) is 1.88. The van der Waals surface area contributed by atoms with Gasteiger partial charge in [-0.25, -0.2) is 0 Å². The van der Waals surface area contributed by atoms with E-state index >= 15 is 0 Å². The van der Waals surface area contributed by atoms with Crippen LogP contribution in [0.2, 0.25) is 0 Å². The van der Waals surface area contributed by atoms with Crippen LogP contribution in [0.1, 0.15) is 19.0 Å². The molecule has 0 radical (unpaired) electrons. The summed E-state index contributed by atoms with van der Waals surface area (Å²) in [6.07, 6.45) is 1.93. The summed E-state index contributed by atoms with van der Waals surface area (Å²) in [5.41, 5.74) is 8.12. The normalized spacial score (nSPS) is 11.9. The Labute approximate surface area is 107 Å². The third kappa shape index (κ3) is 3.26. The second-order valence-electron chi connectivity index (χ2n) is 4.33. The molecule has 0 unspecified atom stereocenters. The van der Waals surface area contributed by atoms with Crippen LogP contribution in [0.3, 0.4) is 0 Å². The average molecular weight is 244 g/mol. The number of aromatic amines is 1. The molecule has 2 aromatic rings. The van der Waals surface area contributed by atoms with E-state index in [4.69, 9.17) is 5.73 Å². The van der Waals surface area contributed by atoms with Gasteiger partial charge in [-0.3, -0.25) is 4.99 Å². The minimum absolute atomic E-state index is 0.535. The SMILES string of the molecule is CCCN=C(N)NCCc1cc2ccccc2[nH]1. The van der Waals surface area contributed by atoms with Crippen LogP contribution in [0.4, 0.5) is 0 Å². The summed E-state index contributed by atoms with van der Waals surface area (Å²) in [5.74, 6) is 0.535. The fourth-order valence-corrected chi connectivity index (χ4v) is 1.88. The molecule has 4 N–H and O–H groups in total. The maximum Gasteiger partial charge on any atom is 0.188 e. The van der Waals surface area contributed by atoms with E-state index in [1.807, 2.05) is 12.1 Å². The summed E-state index contributed by atoms with van der Waals surface area (Å²) >= 11 is 0. The predicted molar refractivity (Wildman–Crippen MR) is 76.8 cm³/mol. The second kappa shape index (κ2) is 6.10. The lowest BCUT2D eigenvalue weighted by atomic mass is 10.2. The number of nitrogens with zero attached hydrogens (tertiary/aromatic N) is 1. The Bertz CT molecular complexity index is 494. The van der Waals surface area contributed by atoms with Crippen LogP contribution in [-0.2, 0) is 6.42 Å². The number of nitrogens with one attached hydrogen (secondary N) is 2. The molecule has 0 saturated heterocycles. The molecule has 0 fully saturated rings. The molecule has 1 aromatic heterocycles. The fraction of sp³-hybridized carbons (Fsp3) is 0.357. The van der Waals surface area contributed by atoms with E-state index in [9.17, 15) is 0 Å². The Balaban J connectivity index is 1.86. The van der Waals surface area contributed by atoms with Gasteiger partial charge in [0.1, 0.15) is 0 Å². The highest BCUT2D eigenvalue weighted by Gasteiger charge is 1.99. The molecule has 0 spiro atoms. The lowest BCUT2D eigenvalue weighted by Gasteiger charge is -2.03. The summed E-state index contributed by atoms with van der Waals surface area (Å²) in [4.78, 5) is 7.58. The van der Waals surface area contributed by atoms with Gasteiger partial charge in [0.15, 0.2) is 5.96 Å². The Morgan fingerprint density at radius 2 is 2.22 bits per heavy atom. The van der Waals surface area contributed by atoms with Gasteiger partial charge in [0.2, 0.25) is 0 Å². The van der Waals surface area contributed by atoms with Crippen LogP contribution >= 0.6 is 0 Å². The number of para-hydroxylation sites is 1. The number of hydrogen-bond acceptors (Lipinski definition) is 1. The van der Waals surface area contributed by atoms with Gasteiger partial charge < -0.3 is 16.0 Å². The first-order valence-electron chi connectivity index (χ1n) is 6.40. The number of H-pyrrole nitrogens is 1. The summed E-state index contributed by atoms with van der Waals surface area (Å²) in [6, 6.07) is 10.5. The van der Waals surface area contributed by atoms with Crippen molar-refractivity contribution < 1.29 is 0 Å². The van der Waals surface area contributed by atoms with Crippen molar-refractivity contribution in [3.8, 4) is 0 Å². The molecular weight excluding hydrogens is 224 g/mol. The highest BCUT2D eigenvalue weighted by Crippen LogP contribution is 2.14. The number of nitrogens with two attached hydrogens (primary N) is 1. The third-order valence-electron chi connectivity index (χ3n) is 2.79. The molecular formula is C14H20N4. The van der Waals surface area contributed by atoms with E-state index in [1.54, 1.807) is 0 Å². The van der Waals surface area contributed by atoms with Crippen molar-refractivity contribution in [2.75, 3.05) is 13.1 Å². The molecule has 2 rings (SSSR count). The molecule has 0 amide bonds. The van der Waals surface area contributed by atoms with Crippen molar-refractivity contribution in [3.05, 3.63) is 36.0 Å². The number of guanidine groups is 1. The molecule has 0 atom stereocenters. The van der Waals surface area contributed by atoms with Gasteiger partial charge in [-0.05, 0) is 23.9 Å². The first kappa shape index (κ1) is 12.5. The van der Waals surface area contributed by atoms with E-state index < -0.39 is 0 Å². The van der Waals surface area contributed by atoms with Crippen LogP contribution in [0, 0.1) is 0 Å². The monoisotopic (exact) mass is 244 g/mol. The maximum atomic E-state index is 5.73. The van der Waals surface area contributed by atoms with Gasteiger partial charge in [0.05, 0.1) is 0 Å². The number of benzene rings is 1. The van der Waals surface area contributed by atoms with Crippen LogP contribution in [-0.4, -0.2) is 24.0 Å². The second-order valence-corrected chi connectivity index (χ2v) is 4.33. The first-order valence-corrected chi connectivity index (χ1v) is 6.40. The van der Waals surface area contributed by atoms with Crippen molar-refractivity contribution in [1.82, 2.24) is 10.3 Å². The van der Waals surface area contributed by atoms with Gasteiger partial charge in [-0.15, -0.1) is 0 Å². The molecule has 0 aliphatic rings. The predicted octanol–water partition coefficient (Wildman–Crippen LogP) is 2.02. The Kier molecular flexibility index (Phi) is 4.23. The van der Waals surface area contributed by atoms with E-state index in [2.05, 4.69) is 40.4 Å². The zero-order chi connectivity index (χ0) is 12.8. The van der Waals surface area contributed by atoms with Gasteiger partial charge in [-0.1, -0.05) is 25.1 Å². The Hall–Kier alpha value is -1.97. The molecule has 0 saturated carbocycles. The van der Waals surface area contributed by atoms with Crippen LogP contribution < -0.4 is 11.1 Å². The lowest BCUT2D eigenvalue weighted by Crippen LogP contribution is -2.33. The maximum absolute atomic E-state index is 5.73. The summed E-state index contributed by atoms with van der Waals surface area (Å²) < 4.78 is 0. The summed E-state index contributed by atoms with van der Waals surface area (Å²) in [5, 5.41) is 4.37. The summed E-state index contributed by atoms with van der Waals surface area (Å²) in [7, 11) is 0. The largest absolute Gasteiger partial charge is 0.370 e. The highest BCUT2D eigenvalue weighted by atomic mass is 15.1. The molecule has 4 heteroatoms. The molecule has 4 nitrogen and oxygen atoms in total. The Morgan fingerprint density at radius 1 is 1.39 bits per heavy atom. The number of aromatic nitrogens is 1. The topological polar surface area (TPSA) is 66.2 Å². The van der Waals surface area contributed by atoms with Crippen LogP contribution in [0.15, 0.2) is 35.3 Å². The Morgan fingerprint density at radius 3 is 3.00 bits per heavy atom. The lowest BCUT2D eigenvalue weighted by molar-refractivity contribution is 0.828. The number of rotatable bonds is 5. The first-order chi connectivity index (χ1) is 8.79. The van der Waals surface area contributed by atoms with E-state index in [0.717, 1.165) is 25.9 Å². The van der Waals surface area contributed by atoms with Crippen molar-refractivity contribution in [1.29, 1.82) is 0 Å². The van der Waals surface area contributed by atoms with Crippen molar-refractivity contribution in [2.24, 2.45) is 10.7 Å². The van der Waals surface area contributed by atoms with Gasteiger partial charge >= 0.3 is 0 Å². The molecule has 0 bridgehead atoms. The van der Waals surface area contributed by atoms with Crippen molar-refractivity contribution >= 4 is 16.9 Å². The van der Waals surface area contributed by atoms with Gasteiger partial charge in [0, 0.05) is 30.7 Å². The quantitative estimate of drug-likeness (QED) is 0.556. The van der Waals surface area contributed by atoms with Crippen molar-refractivity contribution in [3.63, 3.8) is 0 Å². The number of aliphatic imine (C=N–C) groups is 1. The van der Waals surface area contributed by atoms with Crippen LogP contribution in [0.25, 0.3) is 10.9 Å². The highest BCUT2D eigenvalue weighted by molar-refractivity contribution is 5.80. The van der Waals surface area contributed by atoms with Crippen LogP contribution in [0.5, 0.6) is 0 Å². The molecule has 1 heterocycles. The minimum Gasteiger partial charge on any atom is -0.370 e. The number of fused-ring (bicyclic) bond motifs is 1. The summed E-state index contributed by atoms with van der Waals surface area (Å²) in [6.45, 7) is 3.67. The van der Waals surface area contributed by atoms with E-state index in [0.29, 0.717) is 5.96 Å². The minimum atomic E-state index is 0.535. The van der Waals surface area contributed by atoms with E-state index in [-0.39, 0.29) is 0 Å². The molecule has 96 valence electrons. The molecule has 18 heavy (non-hydrogen) atoms. The smallest absolute Gasteiger partial charge is 0.188 e. The zero-order valence-electron chi connectivity index (χ0n) is 10.7. The molecule has 1 aromatic carbocycles.